The third kappa shape index (κ3) is 1.99. The molecular weight excluding hydrogens is 192 g/mol. The normalized spacial score (nSPS) is 11.0. The van der Waals surface area contributed by atoms with Crippen molar-refractivity contribution in [1.82, 2.24) is 9.78 Å². The van der Waals surface area contributed by atoms with Crippen LogP contribution in [-0.4, -0.2) is 9.78 Å². The minimum atomic E-state index is 0.849. The summed E-state index contributed by atoms with van der Waals surface area (Å²) in [6.07, 6.45) is 7.79. The summed E-state index contributed by atoms with van der Waals surface area (Å²) in [4.78, 5) is 0. The van der Waals surface area contributed by atoms with E-state index in [1.165, 1.54) is 0 Å². The lowest BCUT2D eigenvalue weighted by atomic mass is 10.5. The van der Waals surface area contributed by atoms with Crippen LogP contribution < -0.4 is 0 Å². The first-order chi connectivity index (χ1) is 4.83. The van der Waals surface area contributed by atoms with Crippen molar-refractivity contribution in [3.05, 3.63) is 29.0 Å². The Balaban J connectivity index is 2.58. The molecule has 1 aromatic heterocycles. The van der Waals surface area contributed by atoms with Gasteiger partial charge in [-0.05, 0) is 22.9 Å². The van der Waals surface area contributed by atoms with Crippen molar-refractivity contribution in [2.45, 2.75) is 13.5 Å². The molecule has 0 aliphatic carbocycles. The van der Waals surface area contributed by atoms with E-state index in [1.54, 1.807) is 6.20 Å². The Bertz CT molecular complexity index is 227. The molecule has 0 aliphatic rings. The van der Waals surface area contributed by atoms with Crippen LogP contribution in [0.3, 0.4) is 0 Å². The third-order valence-electron chi connectivity index (χ3n) is 1.13. The molecule has 1 heterocycles. The lowest BCUT2D eigenvalue weighted by molar-refractivity contribution is 0.701. The van der Waals surface area contributed by atoms with Gasteiger partial charge < -0.3 is 0 Å². The van der Waals surface area contributed by atoms with Crippen LogP contribution >= 0.6 is 15.9 Å². The zero-order valence-corrected chi connectivity index (χ0v) is 7.37. The summed E-state index contributed by atoms with van der Waals surface area (Å²) in [6.45, 7) is 2.85. The Hall–Kier alpha value is -0.570. The van der Waals surface area contributed by atoms with Gasteiger partial charge in [0.05, 0.1) is 17.2 Å². The van der Waals surface area contributed by atoms with Crippen molar-refractivity contribution in [2.24, 2.45) is 0 Å². The van der Waals surface area contributed by atoms with Gasteiger partial charge in [-0.15, -0.1) is 0 Å². The highest BCUT2D eigenvalue weighted by Gasteiger charge is 1.89. The van der Waals surface area contributed by atoms with Gasteiger partial charge in [0.2, 0.25) is 0 Å². The average Bonchev–Trinajstić information content (AvgIpc) is 2.31. The van der Waals surface area contributed by atoms with Gasteiger partial charge in [-0.3, -0.25) is 4.68 Å². The number of halogens is 1. The van der Waals surface area contributed by atoms with Crippen molar-refractivity contribution in [2.75, 3.05) is 0 Å². The second-order valence-electron chi connectivity index (χ2n) is 1.95. The minimum Gasteiger partial charge on any atom is -0.268 e. The number of nitrogens with zero attached hydrogens (tertiary/aromatic N) is 2. The Morgan fingerprint density at radius 2 is 2.60 bits per heavy atom. The van der Waals surface area contributed by atoms with E-state index in [0.717, 1.165) is 11.0 Å². The molecule has 0 fully saturated rings. The molecule has 0 bridgehead atoms. The summed E-state index contributed by atoms with van der Waals surface area (Å²) in [5.74, 6) is 0. The van der Waals surface area contributed by atoms with E-state index in [2.05, 4.69) is 27.1 Å². The van der Waals surface area contributed by atoms with Crippen LogP contribution in [-0.2, 0) is 6.54 Å². The van der Waals surface area contributed by atoms with E-state index in [0.29, 0.717) is 0 Å². The number of aromatic nitrogens is 2. The maximum Gasteiger partial charge on any atom is 0.0632 e. The predicted molar refractivity (Wildman–Crippen MR) is 44.7 cm³/mol. The zero-order chi connectivity index (χ0) is 7.40. The van der Waals surface area contributed by atoms with Crippen LogP contribution in [0, 0.1) is 0 Å². The highest BCUT2D eigenvalue weighted by Crippen LogP contribution is 2.05. The van der Waals surface area contributed by atoms with Crippen LogP contribution in [0.2, 0.25) is 0 Å². The topological polar surface area (TPSA) is 17.8 Å². The summed E-state index contributed by atoms with van der Waals surface area (Å²) < 4.78 is 2.89. The molecular formula is C7H9BrN2. The maximum atomic E-state index is 4.07. The van der Waals surface area contributed by atoms with Gasteiger partial charge in [0, 0.05) is 6.20 Å². The van der Waals surface area contributed by atoms with E-state index in [-0.39, 0.29) is 0 Å². The molecule has 10 heavy (non-hydrogen) atoms. The molecule has 54 valence electrons. The van der Waals surface area contributed by atoms with Gasteiger partial charge in [-0.2, -0.15) is 5.10 Å². The minimum absolute atomic E-state index is 0.849. The SMILES string of the molecule is C/C=C/Cn1cc(Br)cn1. The van der Waals surface area contributed by atoms with Crippen LogP contribution in [0.25, 0.3) is 0 Å². The average molecular weight is 201 g/mol. The van der Waals surface area contributed by atoms with Gasteiger partial charge in [0.1, 0.15) is 0 Å². The Labute approximate surface area is 68.7 Å². The number of rotatable bonds is 2. The van der Waals surface area contributed by atoms with E-state index in [4.69, 9.17) is 0 Å². The van der Waals surface area contributed by atoms with Crippen LogP contribution in [0.15, 0.2) is 29.0 Å². The van der Waals surface area contributed by atoms with Crippen molar-refractivity contribution >= 4 is 15.9 Å². The largest absolute Gasteiger partial charge is 0.268 e. The second kappa shape index (κ2) is 3.56. The lowest BCUT2D eigenvalue weighted by Gasteiger charge is -1.91. The Kier molecular flexibility index (Phi) is 2.68. The summed E-state index contributed by atoms with van der Waals surface area (Å²) in [6, 6.07) is 0. The van der Waals surface area contributed by atoms with Crippen molar-refractivity contribution < 1.29 is 0 Å². The molecule has 0 N–H and O–H groups in total. The zero-order valence-electron chi connectivity index (χ0n) is 5.79. The first-order valence-electron chi connectivity index (χ1n) is 3.12. The summed E-state index contributed by atoms with van der Waals surface area (Å²) >= 11 is 3.32. The molecule has 1 rings (SSSR count). The number of hydrogen-bond donors (Lipinski definition) is 0. The predicted octanol–water partition coefficient (Wildman–Crippen LogP) is 2.22. The molecule has 0 aromatic carbocycles. The van der Waals surface area contributed by atoms with Crippen molar-refractivity contribution in [1.29, 1.82) is 0 Å². The Morgan fingerprint density at radius 1 is 1.80 bits per heavy atom. The molecule has 0 atom stereocenters. The molecule has 0 saturated heterocycles. The maximum absolute atomic E-state index is 4.07. The monoisotopic (exact) mass is 200 g/mol. The van der Waals surface area contributed by atoms with Gasteiger partial charge >= 0.3 is 0 Å². The van der Waals surface area contributed by atoms with E-state index in [9.17, 15) is 0 Å². The van der Waals surface area contributed by atoms with Gasteiger partial charge in [-0.25, -0.2) is 0 Å². The quantitative estimate of drug-likeness (QED) is 0.670. The molecule has 3 heteroatoms. The highest BCUT2D eigenvalue weighted by molar-refractivity contribution is 9.10. The van der Waals surface area contributed by atoms with Gasteiger partial charge in [-0.1, -0.05) is 12.2 Å². The van der Waals surface area contributed by atoms with Gasteiger partial charge in [0.15, 0.2) is 0 Å². The van der Waals surface area contributed by atoms with Gasteiger partial charge in [0.25, 0.3) is 0 Å². The number of hydrogen-bond acceptors (Lipinski definition) is 1. The van der Waals surface area contributed by atoms with Crippen molar-refractivity contribution in [3.63, 3.8) is 0 Å². The molecule has 0 aliphatic heterocycles. The summed E-state index contributed by atoms with van der Waals surface area (Å²) in [7, 11) is 0. The molecule has 0 unspecified atom stereocenters. The van der Waals surface area contributed by atoms with E-state index >= 15 is 0 Å². The van der Waals surface area contributed by atoms with Crippen LogP contribution in [0.4, 0.5) is 0 Å². The Morgan fingerprint density at radius 3 is 3.10 bits per heavy atom. The van der Waals surface area contributed by atoms with Crippen LogP contribution in [0.1, 0.15) is 6.92 Å². The lowest BCUT2D eigenvalue weighted by Crippen LogP contribution is -1.93. The molecule has 0 spiro atoms. The van der Waals surface area contributed by atoms with E-state index < -0.39 is 0 Å². The van der Waals surface area contributed by atoms with Crippen molar-refractivity contribution in [3.8, 4) is 0 Å². The smallest absolute Gasteiger partial charge is 0.0632 e. The molecule has 1 aromatic rings. The molecule has 0 radical (unpaired) electrons. The summed E-state index contributed by atoms with van der Waals surface area (Å²) in [5, 5.41) is 4.07. The second-order valence-corrected chi connectivity index (χ2v) is 2.87. The van der Waals surface area contributed by atoms with Crippen LogP contribution in [0.5, 0.6) is 0 Å². The first-order valence-corrected chi connectivity index (χ1v) is 3.91. The fourth-order valence-corrected chi connectivity index (χ4v) is 0.980. The number of allylic oxidation sites excluding steroid dienone is 2. The van der Waals surface area contributed by atoms with E-state index in [1.807, 2.05) is 23.9 Å². The first kappa shape index (κ1) is 7.54. The fraction of sp³-hybridized carbons (Fsp3) is 0.286. The standard InChI is InChI=1S/C7H9BrN2/c1-2-3-4-10-6-7(8)5-9-10/h2-3,5-6H,4H2,1H3/b3-2+. The molecule has 2 nitrogen and oxygen atoms in total. The molecule has 0 saturated carbocycles. The fourth-order valence-electron chi connectivity index (χ4n) is 0.652. The third-order valence-corrected chi connectivity index (χ3v) is 1.54. The molecule has 0 amide bonds. The highest BCUT2D eigenvalue weighted by atomic mass is 79.9. The summed E-state index contributed by atoms with van der Waals surface area (Å²) in [5.41, 5.74) is 0.